The third-order valence-electron chi connectivity index (χ3n) is 3.28. The molecule has 0 bridgehead atoms. The molecule has 2 N–H and O–H groups in total. The zero-order chi connectivity index (χ0) is 14.1. The van der Waals surface area contributed by atoms with Crippen molar-refractivity contribution in [2.24, 2.45) is 0 Å². The van der Waals surface area contributed by atoms with Gasteiger partial charge < -0.3 is 10.4 Å². The Labute approximate surface area is 117 Å². The first kappa shape index (κ1) is 12.4. The Morgan fingerprint density at radius 2 is 1.90 bits per heavy atom. The molecule has 0 radical (unpaired) electrons. The van der Waals surface area contributed by atoms with Crippen LogP contribution in [0.5, 0.6) is 5.75 Å². The minimum absolute atomic E-state index is 0.256. The Morgan fingerprint density at radius 3 is 2.70 bits per heavy atom. The fourth-order valence-corrected chi connectivity index (χ4v) is 2.08. The van der Waals surface area contributed by atoms with E-state index < -0.39 is 0 Å². The molecule has 100 valence electrons. The van der Waals surface area contributed by atoms with Crippen molar-refractivity contribution >= 4 is 22.5 Å². The average molecular weight is 265 g/mol. The van der Waals surface area contributed by atoms with E-state index in [4.69, 9.17) is 0 Å². The number of anilines is 2. The third-order valence-corrected chi connectivity index (χ3v) is 3.28. The summed E-state index contributed by atoms with van der Waals surface area (Å²) in [6, 6.07) is 11.4. The molecule has 20 heavy (non-hydrogen) atoms. The molecule has 0 aliphatic rings. The lowest BCUT2D eigenvalue weighted by Gasteiger charge is -2.08. The number of hydrogen-bond acceptors (Lipinski definition) is 4. The molecular formula is C16H15N3O. The average Bonchev–Trinajstić information content (AvgIpc) is 2.44. The maximum atomic E-state index is 9.71. The minimum Gasteiger partial charge on any atom is -0.508 e. The Balaban J connectivity index is 1.98. The predicted octanol–water partition coefficient (Wildman–Crippen LogP) is 3.70. The first-order valence-corrected chi connectivity index (χ1v) is 6.42. The van der Waals surface area contributed by atoms with E-state index >= 15 is 0 Å². The van der Waals surface area contributed by atoms with Crippen molar-refractivity contribution in [3.63, 3.8) is 0 Å². The molecule has 4 nitrogen and oxygen atoms in total. The molecule has 0 fully saturated rings. The molecule has 0 saturated heterocycles. The van der Waals surface area contributed by atoms with E-state index in [1.807, 2.05) is 44.2 Å². The lowest BCUT2D eigenvalue weighted by atomic mass is 10.1. The number of aromatic nitrogens is 2. The monoisotopic (exact) mass is 265 g/mol. The number of phenolic OH excluding ortho intramolecular Hbond substituents is 1. The van der Waals surface area contributed by atoms with Crippen LogP contribution in [0.3, 0.4) is 0 Å². The molecule has 0 saturated carbocycles. The van der Waals surface area contributed by atoms with Crippen LogP contribution in [0, 0.1) is 13.8 Å². The van der Waals surface area contributed by atoms with Crippen LogP contribution in [0.25, 0.3) is 10.9 Å². The number of benzene rings is 2. The van der Waals surface area contributed by atoms with E-state index in [1.54, 1.807) is 12.3 Å². The van der Waals surface area contributed by atoms with Gasteiger partial charge in [-0.3, -0.25) is 0 Å². The summed E-state index contributed by atoms with van der Waals surface area (Å²) in [5, 5.41) is 13.8. The normalized spacial score (nSPS) is 10.7. The van der Waals surface area contributed by atoms with Crippen LogP contribution >= 0.6 is 0 Å². The van der Waals surface area contributed by atoms with E-state index in [9.17, 15) is 5.11 Å². The van der Waals surface area contributed by atoms with Crippen molar-refractivity contribution in [1.82, 2.24) is 9.97 Å². The van der Waals surface area contributed by atoms with Crippen LogP contribution in [-0.4, -0.2) is 15.1 Å². The van der Waals surface area contributed by atoms with Crippen LogP contribution in [0.2, 0.25) is 0 Å². The fourth-order valence-electron chi connectivity index (χ4n) is 2.08. The topological polar surface area (TPSA) is 58.0 Å². The van der Waals surface area contributed by atoms with Gasteiger partial charge in [0.25, 0.3) is 0 Å². The SMILES string of the molecule is Cc1ccc(Nc2ncc3cccc(C)c3n2)cc1O. The highest BCUT2D eigenvalue weighted by atomic mass is 16.3. The zero-order valence-electron chi connectivity index (χ0n) is 11.4. The van der Waals surface area contributed by atoms with Crippen molar-refractivity contribution in [2.75, 3.05) is 5.32 Å². The van der Waals surface area contributed by atoms with Crippen LogP contribution in [-0.2, 0) is 0 Å². The second-order valence-electron chi connectivity index (χ2n) is 4.83. The highest BCUT2D eigenvalue weighted by Gasteiger charge is 2.04. The summed E-state index contributed by atoms with van der Waals surface area (Å²) in [4.78, 5) is 8.81. The zero-order valence-corrected chi connectivity index (χ0v) is 11.4. The molecule has 0 amide bonds. The lowest BCUT2D eigenvalue weighted by molar-refractivity contribution is 0.471. The number of hydrogen-bond donors (Lipinski definition) is 2. The number of phenols is 1. The lowest BCUT2D eigenvalue weighted by Crippen LogP contribution is -1.98. The van der Waals surface area contributed by atoms with Gasteiger partial charge in [-0.05, 0) is 31.0 Å². The molecule has 1 heterocycles. The van der Waals surface area contributed by atoms with Crippen molar-refractivity contribution in [3.05, 3.63) is 53.7 Å². The summed E-state index contributed by atoms with van der Waals surface area (Å²) in [5.41, 5.74) is 3.65. The van der Waals surface area contributed by atoms with Crippen LogP contribution in [0.15, 0.2) is 42.6 Å². The second kappa shape index (κ2) is 4.81. The van der Waals surface area contributed by atoms with E-state index in [2.05, 4.69) is 15.3 Å². The molecule has 0 aliphatic heterocycles. The van der Waals surface area contributed by atoms with Gasteiger partial charge in [0.1, 0.15) is 5.75 Å². The fraction of sp³-hybridized carbons (Fsp3) is 0.125. The number of rotatable bonds is 2. The summed E-state index contributed by atoms with van der Waals surface area (Å²) in [6.07, 6.45) is 1.80. The van der Waals surface area contributed by atoms with Gasteiger partial charge >= 0.3 is 0 Å². The van der Waals surface area contributed by atoms with Gasteiger partial charge in [0.05, 0.1) is 5.52 Å². The van der Waals surface area contributed by atoms with Crippen LogP contribution < -0.4 is 5.32 Å². The predicted molar refractivity (Wildman–Crippen MR) is 80.4 cm³/mol. The summed E-state index contributed by atoms with van der Waals surface area (Å²) < 4.78 is 0. The highest BCUT2D eigenvalue weighted by Crippen LogP contribution is 2.23. The summed E-state index contributed by atoms with van der Waals surface area (Å²) in [7, 11) is 0. The smallest absolute Gasteiger partial charge is 0.227 e. The number of aromatic hydroxyl groups is 1. The van der Waals surface area contributed by atoms with Gasteiger partial charge in [-0.2, -0.15) is 0 Å². The molecule has 0 spiro atoms. The Bertz CT molecular complexity index is 784. The number of para-hydroxylation sites is 1. The van der Waals surface area contributed by atoms with E-state index in [0.29, 0.717) is 5.95 Å². The largest absolute Gasteiger partial charge is 0.508 e. The van der Waals surface area contributed by atoms with Gasteiger partial charge in [-0.25, -0.2) is 9.97 Å². The van der Waals surface area contributed by atoms with Crippen LogP contribution in [0.1, 0.15) is 11.1 Å². The molecular weight excluding hydrogens is 250 g/mol. The van der Waals surface area contributed by atoms with Gasteiger partial charge in [-0.1, -0.05) is 24.3 Å². The highest BCUT2D eigenvalue weighted by molar-refractivity contribution is 5.82. The molecule has 4 heteroatoms. The van der Waals surface area contributed by atoms with E-state index in [1.165, 1.54) is 0 Å². The first-order chi connectivity index (χ1) is 9.63. The molecule has 1 aromatic heterocycles. The van der Waals surface area contributed by atoms with Gasteiger partial charge in [0.2, 0.25) is 5.95 Å². The molecule has 3 rings (SSSR count). The molecule has 3 aromatic rings. The minimum atomic E-state index is 0.256. The number of aryl methyl sites for hydroxylation is 2. The maximum absolute atomic E-state index is 9.71. The number of nitrogens with one attached hydrogen (secondary N) is 1. The van der Waals surface area contributed by atoms with E-state index in [-0.39, 0.29) is 5.75 Å². The molecule has 0 unspecified atom stereocenters. The number of nitrogens with zero attached hydrogens (tertiary/aromatic N) is 2. The summed E-state index contributed by atoms with van der Waals surface area (Å²) >= 11 is 0. The van der Waals surface area contributed by atoms with Gasteiger partial charge in [0, 0.05) is 23.3 Å². The first-order valence-electron chi connectivity index (χ1n) is 6.42. The Kier molecular flexibility index (Phi) is 2.99. The summed E-state index contributed by atoms with van der Waals surface area (Å²) in [6.45, 7) is 3.88. The van der Waals surface area contributed by atoms with Crippen molar-refractivity contribution in [1.29, 1.82) is 0 Å². The van der Waals surface area contributed by atoms with E-state index in [0.717, 1.165) is 27.7 Å². The number of fused-ring (bicyclic) bond motifs is 1. The van der Waals surface area contributed by atoms with Crippen molar-refractivity contribution in [2.45, 2.75) is 13.8 Å². The maximum Gasteiger partial charge on any atom is 0.227 e. The van der Waals surface area contributed by atoms with Gasteiger partial charge in [-0.15, -0.1) is 0 Å². The Morgan fingerprint density at radius 1 is 1.05 bits per heavy atom. The van der Waals surface area contributed by atoms with Crippen molar-refractivity contribution < 1.29 is 5.11 Å². The quantitative estimate of drug-likeness (QED) is 0.741. The van der Waals surface area contributed by atoms with Crippen LogP contribution in [0.4, 0.5) is 11.6 Å². The third kappa shape index (κ3) is 2.28. The van der Waals surface area contributed by atoms with Gasteiger partial charge in [0.15, 0.2) is 0 Å². The molecule has 0 atom stereocenters. The Hall–Kier alpha value is -2.62. The summed E-state index contributed by atoms with van der Waals surface area (Å²) in [5.74, 6) is 0.780. The second-order valence-corrected chi connectivity index (χ2v) is 4.83. The standard InChI is InChI=1S/C16H15N3O/c1-10-6-7-13(8-14(10)20)18-16-17-9-12-5-3-4-11(2)15(12)19-16/h3-9,20H,1-2H3,(H,17,18,19). The molecule has 0 aliphatic carbocycles. The van der Waals surface area contributed by atoms with Crippen molar-refractivity contribution in [3.8, 4) is 5.75 Å². The molecule has 2 aromatic carbocycles.